The lowest BCUT2D eigenvalue weighted by molar-refractivity contribution is -0.0110. The Morgan fingerprint density at radius 1 is 1.38 bits per heavy atom. The van der Waals surface area contributed by atoms with Crippen molar-refractivity contribution in [1.82, 2.24) is 0 Å². The van der Waals surface area contributed by atoms with Crippen molar-refractivity contribution in [2.24, 2.45) is 17.3 Å². The fourth-order valence-electron chi connectivity index (χ4n) is 3.99. The monoisotopic (exact) mass is 286 g/mol. The van der Waals surface area contributed by atoms with E-state index in [1.165, 1.54) is 23.1 Å². The minimum atomic E-state index is -0.253. The Hall–Kier alpha value is -1.08. The fourth-order valence-corrected chi connectivity index (χ4v) is 3.99. The first kappa shape index (κ1) is 16.3. The number of rotatable bonds is 2. The van der Waals surface area contributed by atoms with E-state index in [1.807, 2.05) is 6.92 Å². The molecule has 1 fully saturated rings. The molecule has 21 heavy (non-hydrogen) atoms. The van der Waals surface area contributed by atoms with E-state index < -0.39 is 0 Å². The van der Waals surface area contributed by atoms with Crippen molar-refractivity contribution >= 4 is 0 Å². The number of hydrogen-bond acceptors (Lipinski definition) is 1. The van der Waals surface area contributed by atoms with Crippen LogP contribution >= 0.6 is 0 Å². The zero-order chi connectivity index (χ0) is 15.6. The third-order valence-corrected chi connectivity index (χ3v) is 5.94. The molecule has 2 rings (SSSR count). The number of aliphatic hydroxyl groups excluding tert-OH is 1. The molecule has 2 aliphatic rings. The highest BCUT2D eigenvalue weighted by atomic mass is 16.3. The van der Waals surface area contributed by atoms with Crippen molar-refractivity contribution in [2.75, 3.05) is 0 Å². The molecule has 0 unspecified atom stereocenters. The lowest BCUT2D eigenvalue weighted by Crippen LogP contribution is -2.43. The SMILES string of the molecule is C\C=C/C=C1/C2=CC[C@@](C)([C@@H](C)O)[C@H](C)[C@H]2CC/C1=C/C. The summed E-state index contributed by atoms with van der Waals surface area (Å²) in [6, 6.07) is 0. The average Bonchev–Trinajstić information content (AvgIpc) is 2.48. The van der Waals surface area contributed by atoms with E-state index >= 15 is 0 Å². The zero-order valence-electron chi connectivity index (χ0n) is 14.2. The summed E-state index contributed by atoms with van der Waals surface area (Å²) in [5, 5.41) is 10.2. The Labute approximate surface area is 130 Å². The molecule has 1 saturated carbocycles. The number of hydrogen-bond donors (Lipinski definition) is 1. The van der Waals surface area contributed by atoms with Crippen LogP contribution in [0.2, 0.25) is 0 Å². The first-order chi connectivity index (χ1) is 9.95. The van der Waals surface area contributed by atoms with Crippen LogP contribution in [-0.4, -0.2) is 11.2 Å². The van der Waals surface area contributed by atoms with Gasteiger partial charge in [0.2, 0.25) is 0 Å². The van der Waals surface area contributed by atoms with E-state index in [0.29, 0.717) is 11.8 Å². The van der Waals surface area contributed by atoms with Crippen molar-refractivity contribution in [3.8, 4) is 0 Å². The lowest BCUT2D eigenvalue weighted by Gasteiger charge is -2.48. The van der Waals surface area contributed by atoms with Crippen LogP contribution in [0.15, 0.2) is 47.1 Å². The third kappa shape index (κ3) is 2.81. The molecule has 0 bridgehead atoms. The van der Waals surface area contributed by atoms with E-state index in [4.69, 9.17) is 0 Å². The van der Waals surface area contributed by atoms with Gasteiger partial charge in [-0.05, 0) is 74.0 Å². The van der Waals surface area contributed by atoms with Gasteiger partial charge >= 0.3 is 0 Å². The molecule has 0 aliphatic heterocycles. The molecule has 0 amide bonds. The maximum Gasteiger partial charge on any atom is 0.0571 e. The summed E-state index contributed by atoms with van der Waals surface area (Å²) >= 11 is 0. The van der Waals surface area contributed by atoms with Gasteiger partial charge in [-0.1, -0.05) is 44.2 Å². The summed E-state index contributed by atoms with van der Waals surface area (Å²) < 4.78 is 0. The van der Waals surface area contributed by atoms with E-state index in [2.05, 4.69) is 58.1 Å². The van der Waals surface area contributed by atoms with Gasteiger partial charge in [0.05, 0.1) is 6.10 Å². The van der Waals surface area contributed by atoms with E-state index in [9.17, 15) is 5.11 Å². The van der Waals surface area contributed by atoms with Gasteiger partial charge in [-0.3, -0.25) is 0 Å². The van der Waals surface area contributed by atoms with Crippen LogP contribution in [0.5, 0.6) is 0 Å². The summed E-state index contributed by atoms with van der Waals surface area (Å²) in [6.07, 6.45) is 14.3. The van der Waals surface area contributed by atoms with Crippen molar-refractivity contribution in [2.45, 2.75) is 60.0 Å². The summed E-state index contributed by atoms with van der Waals surface area (Å²) in [4.78, 5) is 0. The molecule has 1 heteroatoms. The maximum atomic E-state index is 10.2. The Balaban J connectivity index is 2.44. The van der Waals surface area contributed by atoms with Gasteiger partial charge in [0.25, 0.3) is 0 Å². The second kappa shape index (κ2) is 6.36. The van der Waals surface area contributed by atoms with Gasteiger partial charge in [-0.15, -0.1) is 0 Å². The molecule has 0 heterocycles. The molecular formula is C20H30O. The highest BCUT2D eigenvalue weighted by Gasteiger charge is 2.45. The highest BCUT2D eigenvalue weighted by molar-refractivity contribution is 5.52. The Morgan fingerprint density at radius 3 is 2.67 bits per heavy atom. The van der Waals surface area contributed by atoms with Gasteiger partial charge in [-0.25, -0.2) is 0 Å². The average molecular weight is 286 g/mol. The summed E-state index contributed by atoms with van der Waals surface area (Å²) in [6.45, 7) is 10.7. The van der Waals surface area contributed by atoms with Crippen molar-refractivity contribution in [1.29, 1.82) is 0 Å². The third-order valence-electron chi connectivity index (χ3n) is 5.94. The second-order valence-corrected chi connectivity index (χ2v) is 6.90. The maximum absolute atomic E-state index is 10.2. The first-order valence-corrected chi connectivity index (χ1v) is 8.32. The van der Waals surface area contributed by atoms with Crippen LogP contribution in [0.4, 0.5) is 0 Å². The first-order valence-electron chi connectivity index (χ1n) is 8.32. The molecule has 1 nitrogen and oxygen atoms in total. The lowest BCUT2D eigenvalue weighted by atomic mass is 9.57. The van der Waals surface area contributed by atoms with Crippen LogP contribution in [0.1, 0.15) is 53.9 Å². The van der Waals surface area contributed by atoms with E-state index in [1.54, 1.807) is 0 Å². The summed E-state index contributed by atoms with van der Waals surface area (Å²) in [7, 11) is 0. The Morgan fingerprint density at radius 2 is 2.10 bits per heavy atom. The minimum absolute atomic E-state index is 0.00725. The van der Waals surface area contributed by atoms with Gasteiger partial charge < -0.3 is 5.11 Å². The van der Waals surface area contributed by atoms with Crippen LogP contribution in [0, 0.1) is 17.3 Å². The van der Waals surface area contributed by atoms with Gasteiger partial charge in [-0.2, -0.15) is 0 Å². The number of aliphatic hydroxyl groups is 1. The molecular weight excluding hydrogens is 256 g/mol. The van der Waals surface area contributed by atoms with Crippen LogP contribution < -0.4 is 0 Å². The highest BCUT2D eigenvalue weighted by Crippen LogP contribution is 2.52. The normalized spacial score (nSPS) is 38.7. The van der Waals surface area contributed by atoms with Crippen LogP contribution in [0.3, 0.4) is 0 Å². The molecule has 0 aromatic heterocycles. The number of fused-ring (bicyclic) bond motifs is 1. The standard InChI is InChI=1S/C20H30O/c1-6-8-9-18-16(7-2)10-11-17-14(3)20(5,15(4)21)13-12-19(17)18/h6-9,12,14-15,17,21H,10-11,13H2,1-5H3/b8-6-,16-7-,18-9+/t14-,15-,17-,20-/m1/s1. The summed E-state index contributed by atoms with van der Waals surface area (Å²) in [5.74, 6) is 1.10. The Bertz CT molecular complexity index is 504. The summed E-state index contributed by atoms with van der Waals surface area (Å²) in [5.41, 5.74) is 4.42. The molecule has 116 valence electrons. The molecule has 0 saturated heterocycles. The van der Waals surface area contributed by atoms with Gasteiger partial charge in [0.15, 0.2) is 0 Å². The smallest absolute Gasteiger partial charge is 0.0571 e. The van der Waals surface area contributed by atoms with Crippen molar-refractivity contribution in [3.05, 3.63) is 47.1 Å². The van der Waals surface area contributed by atoms with Crippen LogP contribution in [-0.2, 0) is 0 Å². The van der Waals surface area contributed by atoms with E-state index in [-0.39, 0.29) is 11.5 Å². The molecule has 0 aromatic rings. The van der Waals surface area contributed by atoms with Gasteiger partial charge in [0.1, 0.15) is 0 Å². The topological polar surface area (TPSA) is 20.2 Å². The van der Waals surface area contributed by atoms with Crippen molar-refractivity contribution < 1.29 is 5.11 Å². The molecule has 0 radical (unpaired) electrons. The molecule has 0 spiro atoms. The molecule has 2 aliphatic carbocycles. The van der Waals surface area contributed by atoms with Crippen LogP contribution in [0.25, 0.3) is 0 Å². The second-order valence-electron chi connectivity index (χ2n) is 6.90. The quantitative estimate of drug-likeness (QED) is 0.740. The van der Waals surface area contributed by atoms with Crippen molar-refractivity contribution in [3.63, 3.8) is 0 Å². The minimum Gasteiger partial charge on any atom is -0.393 e. The van der Waals surface area contributed by atoms with Gasteiger partial charge in [0, 0.05) is 0 Å². The van der Waals surface area contributed by atoms with E-state index in [0.717, 1.165) is 12.8 Å². The Kier molecular flexibility index (Phi) is 4.93. The molecule has 0 aromatic carbocycles. The zero-order valence-corrected chi connectivity index (χ0v) is 14.2. The number of allylic oxidation sites excluding steroid dienone is 8. The largest absolute Gasteiger partial charge is 0.393 e. The predicted octanol–water partition coefficient (Wildman–Crippen LogP) is 5.20. The predicted molar refractivity (Wildman–Crippen MR) is 91.0 cm³/mol. The molecule has 4 atom stereocenters. The molecule has 1 N–H and O–H groups in total. The fraction of sp³-hybridized carbons (Fsp3) is 0.600.